The highest BCUT2D eigenvalue weighted by atomic mass is 16.2. The summed E-state index contributed by atoms with van der Waals surface area (Å²) >= 11 is 0. The molecular formula is C20H27N3O2. The van der Waals surface area contributed by atoms with E-state index in [-0.39, 0.29) is 23.9 Å². The lowest BCUT2D eigenvalue weighted by atomic mass is 9.98. The molecule has 1 aromatic carbocycles. The monoisotopic (exact) mass is 341 g/mol. The van der Waals surface area contributed by atoms with Crippen molar-refractivity contribution in [2.24, 2.45) is 0 Å². The van der Waals surface area contributed by atoms with Gasteiger partial charge in [0.1, 0.15) is 6.54 Å². The van der Waals surface area contributed by atoms with Gasteiger partial charge >= 0.3 is 0 Å². The first kappa shape index (κ1) is 17.7. The van der Waals surface area contributed by atoms with Gasteiger partial charge in [0, 0.05) is 28.9 Å². The van der Waals surface area contributed by atoms with Crippen molar-refractivity contribution >= 4 is 17.5 Å². The van der Waals surface area contributed by atoms with Gasteiger partial charge in [-0.15, -0.1) is 0 Å². The minimum atomic E-state index is -0.147. The maximum Gasteiger partial charge on any atom is 0.259 e. The van der Waals surface area contributed by atoms with Crippen LogP contribution in [0.15, 0.2) is 30.8 Å². The summed E-state index contributed by atoms with van der Waals surface area (Å²) in [6, 6.07) is 7.35. The summed E-state index contributed by atoms with van der Waals surface area (Å²) in [5.74, 6) is -0.293. The molecule has 0 aromatic heterocycles. The predicted octanol–water partition coefficient (Wildman–Crippen LogP) is 2.49. The first-order valence-corrected chi connectivity index (χ1v) is 9.02. The summed E-state index contributed by atoms with van der Waals surface area (Å²) in [4.78, 5) is 28.8. The van der Waals surface area contributed by atoms with E-state index in [0.29, 0.717) is 17.8 Å². The molecule has 1 fully saturated rings. The van der Waals surface area contributed by atoms with Gasteiger partial charge in [0.05, 0.1) is 0 Å². The molecule has 0 radical (unpaired) electrons. The minimum Gasteiger partial charge on any atom is -0.353 e. The van der Waals surface area contributed by atoms with Crippen molar-refractivity contribution in [3.8, 4) is 0 Å². The summed E-state index contributed by atoms with van der Waals surface area (Å²) in [5, 5.41) is 3.00. The SMILES string of the molecule is C=C1c2ccccc2C(=O)N1CC(=O)NCC(C)(C)N1CCCCC1. The molecule has 2 heterocycles. The number of benzene rings is 1. The smallest absolute Gasteiger partial charge is 0.259 e. The average Bonchev–Trinajstić information content (AvgIpc) is 2.86. The van der Waals surface area contributed by atoms with Crippen LogP contribution < -0.4 is 5.32 Å². The zero-order valence-electron chi connectivity index (χ0n) is 15.2. The first-order valence-electron chi connectivity index (χ1n) is 9.02. The molecular weight excluding hydrogens is 314 g/mol. The highest BCUT2D eigenvalue weighted by Gasteiger charge is 2.33. The van der Waals surface area contributed by atoms with Gasteiger partial charge in [-0.2, -0.15) is 0 Å². The molecule has 1 aromatic rings. The van der Waals surface area contributed by atoms with Crippen LogP contribution in [0.1, 0.15) is 49.0 Å². The lowest BCUT2D eigenvalue weighted by Crippen LogP contribution is -2.54. The lowest BCUT2D eigenvalue weighted by Gasteiger charge is -2.41. The topological polar surface area (TPSA) is 52.7 Å². The quantitative estimate of drug-likeness (QED) is 0.895. The first-order chi connectivity index (χ1) is 11.9. The highest BCUT2D eigenvalue weighted by Crippen LogP contribution is 2.30. The van der Waals surface area contributed by atoms with E-state index in [4.69, 9.17) is 0 Å². The Morgan fingerprint density at radius 1 is 1.16 bits per heavy atom. The molecule has 2 amide bonds. The molecule has 1 saturated heterocycles. The Labute approximate surface area is 149 Å². The Morgan fingerprint density at radius 2 is 1.80 bits per heavy atom. The number of piperidine rings is 1. The number of carbonyl (C=O) groups is 2. The van der Waals surface area contributed by atoms with E-state index in [9.17, 15) is 9.59 Å². The van der Waals surface area contributed by atoms with Gasteiger partial charge in [-0.1, -0.05) is 31.2 Å². The third kappa shape index (κ3) is 3.61. The molecule has 0 aliphatic carbocycles. The Balaban J connectivity index is 1.56. The van der Waals surface area contributed by atoms with Gasteiger partial charge in [-0.3, -0.25) is 19.4 Å². The largest absolute Gasteiger partial charge is 0.353 e. The number of nitrogens with one attached hydrogen (secondary N) is 1. The molecule has 2 aliphatic rings. The zero-order valence-corrected chi connectivity index (χ0v) is 15.2. The maximum atomic E-state index is 12.5. The molecule has 25 heavy (non-hydrogen) atoms. The Hall–Kier alpha value is -2.14. The maximum absolute atomic E-state index is 12.5. The van der Waals surface area contributed by atoms with Crippen LogP contribution in [0.2, 0.25) is 0 Å². The van der Waals surface area contributed by atoms with Gasteiger partial charge in [0.25, 0.3) is 5.91 Å². The van der Waals surface area contributed by atoms with Gasteiger partial charge in [0.2, 0.25) is 5.91 Å². The minimum absolute atomic E-state index is 0.0163. The number of carbonyl (C=O) groups excluding carboxylic acids is 2. The lowest BCUT2D eigenvalue weighted by molar-refractivity contribution is -0.121. The molecule has 2 aliphatic heterocycles. The number of amides is 2. The fourth-order valence-corrected chi connectivity index (χ4v) is 3.63. The highest BCUT2D eigenvalue weighted by molar-refractivity contribution is 6.10. The second kappa shape index (κ2) is 7.00. The predicted molar refractivity (Wildman–Crippen MR) is 99.0 cm³/mol. The van der Waals surface area contributed by atoms with Crippen LogP contribution in [0.4, 0.5) is 0 Å². The number of nitrogens with zero attached hydrogens (tertiary/aromatic N) is 2. The fourth-order valence-electron chi connectivity index (χ4n) is 3.63. The molecule has 0 bridgehead atoms. The molecule has 0 saturated carbocycles. The number of likely N-dealkylation sites (tertiary alicyclic amines) is 1. The molecule has 1 N–H and O–H groups in total. The standard InChI is InChI=1S/C20H27N3O2/c1-15-16-9-5-6-10-17(16)19(25)23(15)13-18(24)21-14-20(2,3)22-11-7-4-8-12-22/h5-6,9-10H,1,4,7-8,11-14H2,2-3H3,(H,21,24). The molecule has 5 heteroatoms. The van der Waals surface area contributed by atoms with E-state index in [0.717, 1.165) is 18.7 Å². The van der Waals surface area contributed by atoms with Crippen LogP contribution in [0.25, 0.3) is 5.70 Å². The van der Waals surface area contributed by atoms with Crippen LogP contribution >= 0.6 is 0 Å². The van der Waals surface area contributed by atoms with Crippen molar-refractivity contribution in [1.82, 2.24) is 15.1 Å². The molecule has 0 spiro atoms. The van der Waals surface area contributed by atoms with Crippen LogP contribution in [-0.2, 0) is 4.79 Å². The molecule has 0 unspecified atom stereocenters. The summed E-state index contributed by atoms with van der Waals surface area (Å²) in [7, 11) is 0. The normalized spacial score (nSPS) is 18.4. The van der Waals surface area contributed by atoms with E-state index < -0.39 is 0 Å². The van der Waals surface area contributed by atoms with E-state index in [1.807, 2.05) is 18.2 Å². The Bertz CT molecular complexity index is 655. The van der Waals surface area contributed by atoms with Crippen LogP contribution in [-0.4, -0.2) is 53.3 Å². The van der Waals surface area contributed by atoms with E-state index in [2.05, 4.69) is 30.6 Å². The van der Waals surface area contributed by atoms with Crippen molar-refractivity contribution in [2.75, 3.05) is 26.2 Å². The van der Waals surface area contributed by atoms with Crippen molar-refractivity contribution in [3.05, 3.63) is 42.0 Å². The molecule has 0 atom stereocenters. The van der Waals surface area contributed by atoms with Crippen molar-refractivity contribution in [2.45, 2.75) is 38.6 Å². The molecule has 134 valence electrons. The summed E-state index contributed by atoms with van der Waals surface area (Å²) in [5.41, 5.74) is 1.96. The van der Waals surface area contributed by atoms with E-state index in [1.54, 1.807) is 6.07 Å². The number of hydrogen-bond acceptors (Lipinski definition) is 3. The van der Waals surface area contributed by atoms with Gasteiger partial charge < -0.3 is 5.32 Å². The van der Waals surface area contributed by atoms with Gasteiger partial charge in [-0.25, -0.2) is 0 Å². The third-order valence-electron chi connectivity index (χ3n) is 5.27. The summed E-state index contributed by atoms with van der Waals surface area (Å²) in [6.45, 7) is 11.1. The van der Waals surface area contributed by atoms with Crippen molar-refractivity contribution < 1.29 is 9.59 Å². The van der Waals surface area contributed by atoms with Crippen LogP contribution in [0, 0.1) is 0 Å². The second-order valence-electron chi connectivity index (χ2n) is 7.52. The molecule has 3 rings (SSSR count). The van der Waals surface area contributed by atoms with Crippen LogP contribution in [0.5, 0.6) is 0 Å². The van der Waals surface area contributed by atoms with Crippen molar-refractivity contribution in [3.63, 3.8) is 0 Å². The number of hydrogen-bond donors (Lipinski definition) is 1. The average molecular weight is 341 g/mol. The summed E-state index contributed by atoms with van der Waals surface area (Å²) < 4.78 is 0. The summed E-state index contributed by atoms with van der Waals surface area (Å²) in [6.07, 6.45) is 3.73. The van der Waals surface area contributed by atoms with Crippen LogP contribution in [0.3, 0.4) is 0 Å². The third-order valence-corrected chi connectivity index (χ3v) is 5.27. The number of rotatable bonds is 5. The fraction of sp³-hybridized carbons (Fsp3) is 0.500. The second-order valence-corrected chi connectivity index (χ2v) is 7.52. The zero-order chi connectivity index (χ0) is 18.0. The Kier molecular flexibility index (Phi) is 4.95. The van der Waals surface area contributed by atoms with Gasteiger partial charge in [-0.05, 0) is 45.8 Å². The number of fused-ring (bicyclic) bond motifs is 1. The van der Waals surface area contributed by atoms with E-state index >= 15 is 0 Å². The van der Waals surface area contributed by atoms with E-state index in [1.165, 1.54) is 24.2 Å². The Morgan fingerprint density at radius 3 is 2.44 bits per heavy atom. The van der Waals surface area contributed by atoms with Gasteiger partial charge in [0.15, 0.2) is 0 Å². The van der Waals surface area contributed by atoms with Crippen molar-refractivity contribution in [1.29, 1.82) is 0 Å². The molecule has 5 nitrogen and oxygen atoms in total.